The highest BCUT2D eigenvalue weighted by Gasteiger charge is 2.38. The lowest BCUT2D eigenvalue weighted by molar-refractivity contribution is 0.0189. The molecule has 2 bridgehead atoms. The van der Waals surface area contributed by atoms with Crippen LogP contribution in [0.3, 0.4) is 0 Å². The standard InChI is InChI=1S/C28H40FN5O4/c1-16-14-33(27(36)38-28(3,4)5)15-17(2)34(16)26-31-23-21(10-11-22(29)24(23)37-26)25(35)30-18-12-19-8-7-9-20(13-18)32(19)6/h10-11,16-20H,7-9,12-15H2,1-6H3,(H,30,35)/t16-,17-,18?,19?,20?/m0/s1. The number of nitrogens with one attached hydrogen (secondary N) is 1. The molecule has 3 fully saturated rings. The first-order valence-corrected chi connectivity index (χ1v) is 13.8. The highest BCUT2D eigenvalue weighted by Crippen LogP contribution is 2.34. The fraction of sp³-hybridized carbons (Fsp3) is 0.679. The van der Waals surface area contributed by atoms with E-state index in [4.69, 9.17) is 9.15 Å². The van der Waals surface area contributed by atoms with E-state index in [1.807, 2.05) is 39.5 Å². The second kappa shape index (κ2) is 10.0. The van der Waals surface area contributed by atoms with E-state index in [-0.39, 0.29) is 47.2 Å². The molecule has 5 rings (SSSR count). The lowest BCUT2D eigenvalue weighted by Gasteiger charge is -2.47. The van der Waals surface area contributed by atoms with Crippen LogP contribution in [0.4, 0.5) is 15.2 Å². The average molecular weight is 530 g/mol. The van der Waals surface area contributed by atoms with E-state index < -0.39 is 11.4 Å². The van der Waals surface area contributed by atoms with Crippen LogP contribution in [0.2, 0.25) is 0 Å². The number of piperazine rings is 1. The van der Waals surface area contributed by atoms with Crippen LogP contribution in [0, 0.1) is 5.82 Å². The second-order valence-corrected chi connectivity index (χ2v) is 12.3. The number of anilines is 1. The number of halogens is 1. The average Bonchev–Trinajstić information content (AvgIpc) is 3.24. The maximum absolute atomic E-state index is 14.8. The van der Waals surface area contributed by atoms with Gasteiger partial charge in [0.05, 0.1) is 5.56 Å². The van der Waals surface area contributed by atoms with Crippen molar-refractivity contribution in [2.75, 3.05) is 25.0 Å². The van der Waals surface area contributed by atoms with Crippen LogP contribution in [0.25, 0.3) is 11.1 Å². The number of piperidine rings is 2. The third-order valence-corrected chi connectivity index (χ3v) is 8.20. The SMILES string of the molecule is C[C@H]1CN(C(=O)OC(C)(C)C)C[C@H](C)N1c1nc2c(C(=O)NC3CC4CCCC(C3)N4C)ccc(F)c2o1. The van der Waals surface area contributed by atoms with Crippen molar-refractivity contribution in [3.8, 4) is 0 Å². The van der Waals surface area contributed by atoms with Gasteiger partial charge in [0, 0.05) is 43.3 Å². The highest BCUT2D eigenvalue weighted by molar-refractivity contribution is 6.05. The zero-order valence-corrected chi connectivity index (χ0v) is 23.3. The van der Waals surface area contributed by atoms with Crippen molar-refractivity contribution in [3.63, 3.8) is 0 Å². The van der Waals surface area contributed by atoms with E-state index in [0.29, 0.717) is 30.7 Å². The third kappa shape index (κ3) is 5.19. The zero-order chi connectivity index (χ0) is 27.4. The number of nitrogens with zero attached hydrogens (tertiary/aromatic N) is 4. The molecule has 0 saturated carbocycles. The lowest BCUT2D eigenvalue weighted by atomic mass is 9.82. The Hall–Kier alpha value is -2.88. The van der Waals surface area contributed by atoms with E-state index >= 15 is 0 Å². The van der Waals surface area contributed by atoms with Crippen LogP contribution in [0.1, 0.15) is 77.1 Å². The van der Waals surface area contributed by atoms with E-state index in [0.717, 1.165) is 25.7 Å². The maximum Gasteiger partial charge on any atom is 0.410 e. The molecule has 1 aromatic carbocycles. The summed E-state index contributed by atoms with van der Waals surface area (Å²) >= 11 is 0. The van der Waals surface area contributed by atoms with Crippen molar-refractivity contribution in [1.29, 1.82) is 0 Å². The van der Waals surface area contributed by atoms with Gasteiger partial charge in [0.2, 0.25) is 0 Å². The minimum Gasteiger partial charge on any atom is -0.444 e. The van der Waals surface area contributed by atoms with Gasteiger partial charge in [0.15, 0.2) is 11.4 Å². The molecule has 208 valence electrons. The number of rotatable bonds is 3. The van der Waals surface area contributed by atoms with Gasteiger partial charge in [0.1, 0.15) is 11.1 Å². The van der Waals surface area contributed by atoms with E-state index in [1.165, 1.54) is 18.6 Å². The van der Waals surface area contributed by atoms with Gasteiger partial charge in [-0.05, 0) is 79.5 Å². The summed E-state index contributed by atoms with van der Waals surface area (Å²) in [7, 11) is 2.18. The Morgan fingerprint density at radius 3 is 2.34 bits per heavy atom. The first kappa shape index (κ1) is 26.7. The molecule has 2 amide bonds. The zero-order valence-electron chi connectivity index (χ0n) is 23.3. The number of benzene rings is 1. The molecule has 1 aromatic heterocycles. The molecule has 2 aromatic rings. The van der Waals surface area contributed by atoms with Gasteiger partial charge in [-0.3, -0.25) is 4.79 Å². The molecule has 4 atom stereocenters. The van der Waals surface area contributed by atoms with Gasteiger partial charge in [-0.15, -0.1) is 0 Å². The molecule has 3 aliphatic heterocycles. The topological polar surface area (TPSA) is 91.1 Å². The summed E-state index contributed by atoms with van der Waals surface area (Å²) in [5, 5.41) is 3.20. The fourth-order valence-corrected chi connectivity index (χ4v) is 6.43. The Bertz CT molecular complexity index is 1180. The number of ether oxygens (including phenoxy) is 1. The van der Waals surface area contributed by atoms with E-state index in [2.05, 4.69) is 22.2 Å². The quantitative estimate of drug-likeness (QED) is 0.624. The molecule has 3 saturated heterocycles. The molecular formula is C28H40FN5O4. The van der Waals surface area contributed by atoms with Gasteiger partial charge in [-0.25, -0.2) is 9.18 Å². The second-order valence-electron chi connectivity index (χ2n) is 12.3. The lowest BCUT2D eigenvalue weighted by Crippen LogP contribution is -2.59. The summed E-state index contributed by atoms with van der Waals surface area (Å²) < 4.78 is 26.3. The first-order chi connectivity index (χ1) is 17.9. The van der Waals surface area contributed by atoms with Crippen LogP contribution >= 0.6 is 0 Å². The Morgan fingerprint density at radius 1 is 1.11 bits per heavy atom. The van der Waals surface area contributed by atoms with E-state index in [9.17, 15) is 14.0 Å². The van der Waals surface area contributed by atoms with Crippen LogP contribution in [-0.4, -0.2) is 82.7 Å². The normalized spacial score (nSPS) is 28.4. The number of fused-ring (bicyclic) bond motifs is 3. The van der Waals surface area contributed by atoms with Crippen molar-refractivity contribution >= 4 is 29.1 Å². The Labute approximate surface area is 223 Å². The van der Waals surface area contributed by atoms with Crippen LogP contribution < -0.4 is 10.2 Å². The summed E-state index contributed by atoms with van der Waals surface area (Å²) in [4.78, 5) is 36.7. The monoisotopic (exact) mass is 529 g/mol. The molecule has 38 heavy (non-hydrogen) atoms. The molecule has 3 aliphatic rings. The summed E-state index contributed by atoms with van der Waals surface area (Å²) in [6.45, 7) is 10.3. The van der Waals surface area contributed by atoms with Crippen LogP contribution in [0.15, 0.2) is 16.5 Å². The summed E-state index contributed by atoms with van der Waals surface area (Å²) in [5.41, 5.74) is -0.0726. The molecule has 0 spiro atoms. The molecule has 0 aliphatic carbocycles. The number of aromatic nitrogens is 1. The number of carbonyl (C=O) groups excluding carboxylic acids is 2. The third-order valence-electron chi connectivity index (χ3n) is 8.20. The molecular weight excluding hydrogens is 489 g/mol. The number of oxazole rings is 1. The Morgan fingerprint density at radius 2 is 1.74 bits per heavy atom. The van der Waals surface area contributed by atoms with Crippen molar-refractivity contribution in [2.45, 2.75) is 103 Å². The van der Waals surface area contributed by atoms with Gasteiger partial charge >= 0.3 is 6.09 Å². The molecule has 9 nitrogen and oxygen atoms in total. The minimum atomic E-state index is -0.582. The highest BCUT2D eigenvalue weighted by atomic mass is 19.1. The number of carbonyl (C=O) groups is 2. The van der Waals surface area contributed by atoms with Crippen molar-refractivity contribution in [2.24, 2.45) is 0 Å². The predicted octanol–water partition coefficient (Wildman–Crippen LogP) is 4.55. The summed E-state index contributed by atoms with van der Waals surface area (Å²) in [6.07, 6.45) is 5.03. The van der Waals surface area contributed by atoms with Gasteiger partial charge in [0.25, 0.3) is 11.9 Å². The van der Waals surface area contributed by atoms with Gasteiger partial charge in [-0.1, -0.05) is 6.42 Å². The van der Waals surface area contributed by atoms with Crippen LogP contribution in [0.5, 0.6) is 0 Å². The molecule has 4 heterocycles. The number of hydrogen-bond acceptors (Lipinski definition) is 7. The van der Waals surface area contributed by atoms with Gasteiger partial charge in [-0.2, -0.15) is 4.98 Å². The Balaban J connectivity index is 1.35. The number of hydrogen-bond donors (Lipinski definition) is 1. The van der Waals surface area contributed by atoms with Crippen molar-refractivity contribution in [1.82, 2.24) is 20.1 Å². The molecule has 1 N–H and O–H groups in total. The van der Waals surface area contributed by atoms with Crippen LogP contribution in [-0.2, 0) is 4.74 Å². The minimum absolute atomic E-state index is 0.0260. The fourth-order valence-electron chi connectivity index (χ4n) is 6.43. The number of amides is 2. The first-order valence-electron chi connectivity index (χ1n) is 13.8. The smallest absolute Gasteiger partial charge is 0.410 e. The molecule has 10 heteroatoms. The maximum atomic E-state index is 14.8. The molecule has 0 radical (unpaired) electrons. The van der Waals surface area contributed by atoms with Gasteiger partial charge < -0.3 is 29.2 Å². The van der Waals surface area contributed by atoms with Crippen molar-refractivity contribution < 1.29 is 23.1 Å². The van der Waals surface area contributed by atoms with E-state index in [1.54, 1.807) is 4.90 Å². The molecule has 2 unspecified atom stereocenters. The van der Waals surface area contributed by atoms with Crippen molar-refractivity contribution in [3.05, 3.63) is 23.5 Å². The summed E-state index contributed by atoms with van der Waals surface area (Å²) in [6, 6.07) is 3.75. The predicted molar refractivity (Wildman–Crippen MR) is 143 cm³/mol. The largest absolute Gasteiger partial charge is 0.444 e. The Kier molecular flexibility index (Phi) is 7.04. The summed E-state index contributed by atoms with van der Waals surface area (Å²) in [5.74, 6) is -0.810.